The van der Waals surface area contributed by atoms with E-state index in [1.54, 1.807) is 0 Å². The van der Waals surface area contributed by atoms with Crippen molar-refractivity contribution < 1.29 is 9.53 Å². The number of rotatable bonds is 20. The summed E-state index contributed by atoms with van der Waals surface area (Å²) >= 11 is 0. The molecule has 2 heteroatoms. The Bertz CT molecular complexity index is 322. The number of hydrogen-bond acceptors (Lipinski definition) is 2. The predicted octanol–water partition coefficient (Wildman–Crippen LogP) is 8.15. The van der Waals surface area contributed by atoms with Gasteiger partial charge in [-0.2, -0.15) is 0 Å². The van der Waals surface area contributed by atoms with Crippen LogP contribution in [-0.4, -0.2) is 13.1 Å². The molecule has 0 saturated heterocycles. The average Bonchev–Trinajstić information content (AvgIpc) is 2.65. The van der Waals surface area contributed by atoms with E-state index >= 15 is 0 Å². The zero-order valence-corrected chi connectivity index (χ0v) is 18.0. The molecule has 0 aliphatic heterocycles. The van der Waals surface area contributed by atoms with Gasteiger partial charge in [0.25, 0.3) is 0 Å². The SMILES string of the molecule is C=C(CCCCCCCCC)CCCCCCCCCCCC(=O)OC. The van der Waals surface area contributed by atoms with Crippen LogP contribution in [0.5, 0.6) is 0 Å². The summed E-state index contributed by atoms with van der Waals surface area (Å²) < 4.78 is 4.65. The third-order valence-electron chi connectivity index (χ3n) is 5.27. The summed E-state index contributed by atoms with van der Waals surface area (Å²) in [5.41, 5.74) is 1.48. The Labute approximate surface area is 164 Å². The highest BCUT2D eigenvalue weighted by Gasteiger charge is 2.00. The number of allylic oxidation sites excluding steroid dienone is 1. The zero-order chi connectivity index (χ0) is 19.3. The number of hydrogen-bond donors (Lipinski definition) is 0. The summed E-state index contributed by atoms with van der Waals surface area (Å²) in [5, 5.41) is 0. The van der Waals surface area contributed by atoms with E-state index in [9.17, 15) is 4.79 Å². The largest absolute Gasteiger partial charge is 0.469 e. The molecule has 0 aliphatic carbocycles. The van der Waals surface area contributed by atoms with Gasteiger partial charge in [0, 0.05) is 6.42 Å². The molecular weight excluding hydrogens is 320 g/mol. The molecule has 0 radical (unpaired) electrons. The first kappa shape index (κ1) is 25.2. The standard InChI is InChI=1S/C24H46O2/c1-4-5-6-7-11-14-17-20-23(2)21-18-15-12-9-8-10-13-16-19-22-24(25)26-3/h2,4-22H2,1,3H3. The Hall–Kier alpha value is -0.790. The molecule has 0 heterocycles. The minimum Gasteiger partial charge on any atom is -0.469 e. The van der Waals surface area contributed by atoms with Crippen LogP contribution in [0.15, 0.2) is 12.2 Å². The summed E-state index contributed by atoms with van der Waals surface area (Å²) in [6, 6.07) is 0. The van der Waals surface area contributed by atoms with Crippen LogP contribution < -0.4 is 0 Å². The van der Waals surface area contributed by atoms with Crippen molar-refractivity contribution >= 4 is 5.97 Å². The Morgan fingerprint density at radius 1 is 0.615 bits per heavy atom. The van der Waals surface area contributed by atoms with Gasteiger partial charge < -0.3 is 4.74 Å². The second-order valence-corrected chi connectivity index (χ2v) is 7.88. The lowest BCUT2D eigenvalue weighted by atomic mass is 10.0. The molecule has 0 aromatic carbocycles. The molecule has 2 nitrogen and oxygen atoms in total. The number of unbranched alkanes of at least 4 members (excludes halogenated alkanes) is 14. The van der Waals surface area contributed by atoms with Crippen molar-refractivity contribution in [1.82, 2.24) is 0 Å². The second kappa shape index (κ2) is 20.5. The predicted molar refractivity (Wildman–Crippen MR) is 115 cm³/mol. The minimum atomic E-state index is -0.0708. The molecule has 0 rings (SSSR count). The molecular formula is C24H46O2. The molecule has 0 amide bonds. The third kappa shape index (κ3) is 19.5. The number of esters is 1. The fourth-order valence-corrected chi connectivity index (χ4v) is 3.44. The van der Waals surface area contributed by atoms with Crippen LogP contribution in [0.25, 0.3) is 0 Å². The summed E-state index contributed by atoms with van der Waals surface area (Å²) in [4.78, 5) is 11.0. The molecule has 0 saturated carbocycles. The third-order valence-corrected chi connectivity index (χ3v) is 5.27. The number of ether oxygens (including phenoxy) is 1. The van der Waals surface area contributed by atoms with Gasteiger partial charge in [-0.3, -0.25) is 4.79 Å². The van der Waals surface area contributed by atoms with Crippen LogP contribution >= 0.6 is 0 Å². The Kier molecular flexibility index (Phi) is 19.9. The van der Waals surface area contributed by atoms with E-state index in [0.29, 0.717) is 6.42 Å². The van der Waals surface area contributed by atoms with Gasteiger partial charge in [-0.1, -0.05) is 103 Å². The second-order valence-electron chi connectivity index (χ2n) is 7.88. The minimum absolute atomic E-state index is 0.0708. The molecule has 154 valence electrons. The first-order valence-corrected chi connectivity index (χ1v) is 11.4. The van der Waals surface area contributed by atoms with Crippen LogP contribution in [0.3, 0.4) is 0 Å². The Morgan fingerprint density at radius 2 is 0.962 bits per heavy atom. The highest BCUT2D eigenvalue weighted by Crippen LogP contribution is 2.17. The molecule has 26 heavy (non-hydrogen) atoms. The van der Waals surface area contributed by atoms with Crippen molar-refractivity contribution in [2.24, 2.45) is 0 Å². The van der Waals surface area contributed by atoms with Crippen LogP contribution in [0.1, 0.15) is 129 Å². The topological polar surface area (TPSA) is 26.3 Å². The van der Waals surface area contributed by atoms with Gasteiger partial charge in [0.2, 0.25) is 0 Å². The fourth-order valence-electron chi connectivity index (χ4n) is 3.44. The van der Waals surface area contributed by atoms with Crippen LogP contribution in [0, 0.1) is 0 Å². The highest BCUT2D eigenvalue weighted by atomic mass is 16.5. The van der Waals surface area contributed by atoms with Gasteiger partial charge in [-0.05, 0) is 32.1 Å². The van der Waals surface area contributed by atoms with E-state index in [-0.39, 0.29) is 5.97 Å². The van der Waals surface area contributed by atoms with Crippen molar-refractivity contribution in [1.29, 1.82) is 0 Å². The smallest absolute Gasteiger partial charge is 0.305 e. The first-order chi connectivity index (χ1) is 12.7. The maximum atomic E-state index is 11.0. The van der Waals surface area contributed by atoms with Crippen molar-refractivity contribution in [3.63, 3.8) is 0 Å². The molecule has 0 aliphatic rings. The first-order valence-electron chi connectivity index (χ1n) is 11.4. The van der Waals surface area contributed by atoms with Crippen molar-refractivity contribution in [2.45, 2.75) is 129 Å². The van der Waals surface area contributed by atoms with Crippen LogP contribution in [0.4, 0.5) is 0 Å². The number of carbonyl (C=O) groups excluding carboxylic acids is 1. The van der Waals surface area contributed by atoms with E-state index in [4.69, 9.17) is 0 Å². The van der Waals surface area contributed by atoms with Gasteiger partial charge in [-0.25, -0.2) is 0 Å². The van der Waals surface area contributed by atoms with Gasteiger partial charge in [0.05, 0.1) is 7.11 Å². The van der Waals surface area contributed by atoms with Crippen molar-refractivity contribution in [3.05, 3.63) is 12.2 Å². The van der Waals surface area contributed by atoms with E-state index in [0.717, 1.165) is 12.8 Å². The van der Waals surface area contributed by atoms with Crippen molar-refractivity contribution in [3.8, 4) is 0 Å². The molecule has 0 aromatic heterocycles. The Morgan fingerprint density at radius 3 is 1.35 bits per heavy atom. The monoisotopic (exact) mass is 366 g/mol. The molecule has 0 unspecified atom stereocenters. The van der Waals surface area contributed by atoms with E-state index < -0.39 is 0 Å². The van der Waals surface area contributed by atoms with Gasteiger partial charge in [-0.15, -0.1) is 0 Å². The summed E-state index contributed by atoms with van der Waals surface area (Å²) in [5.74, 6) is -0.0708. The van der Waals surface area contributed by atoms with Crippen LogP contribution in [-0.2, 0) is 9.53 Å². The van der Waals surface area contributed by atoms with Gasteiger partial charge in [0.1, 0.15) is 0 Å². The highest BCUT2D eigenvalue weighted by molar-refractivity contribution is 5.68. The van der Waals surface area contributed by atoms with Crippen LogP contribution in [0.2, 0.25) is 0 Å². The number of carbonyl (C=O) groups is 1. The Balaban J connectivity index is 3.17. The maximum Gasteiger partial charge on any atom is 0.305 e. The quantitative estimate of drug-likeness (QED) is 0.123. The molecule has 0 N–H and O–H groups in total. The van der Waals surface area contributed by atoms with Gasteiger partial charge in [0.15, 0.2) is 0 Å². The van der Waals surface area contributed by atoms with E-state index in [1.165, 1.54) is 115 Å². The fraction of sp³-hybridized carbons (Fsp3) is 0.875. The summed E-state index contributed by atoms with van der Waals surface area (Å²) in [7, 11) is 1.47. The van der Waals surface area contributed by atoms with E-state index in [2.05, 4.69) is 18.2 Å². The molecule has 0 spiro atoms. The lowest BCUT2D eigenvalue weighted by molar-refractivity contribution is -0.140. The molecule has 0 atom stereocenters. The van der Waals surface area contributed by atoms with Gasteiger partial charge >= 0.3 is 5.97 Å². The maximum absolute atomic E-state index is 11.0. The normalized spacial score (nSPS) is 10.8. The molecule has 0 fully saturated rings. The zero-order valence-electron chi connectivity index (χ0n) is 18.0. The summed E-state index contributed by atoms with van der Waals surface area (Å²) in [6.07, 6.45) is 24.3. The van der Waals surface area contributed by atoms with Crippen molar-refractivity contribution in [2.75, 3.05) is 7.11 Å². The van der Waals surface area contributed by atoms with E-state index in [1.807, 2.05) is 0 Å². The lowest BCUT2D eigenvalue weighted by Gasteiger charge is -2.06. The molecule has 0 bridgehead atoms. The number of methoxy groups -OCH3 is 1. The summed E-state index contributed by atoms with van der Waals surface area (Å²) in [6.45, 7) is 6.54. The molecule has 0 aromatic rings. The average molecular weight is 367 g/mol. The lowest BCUT2D eigenvalue weighted by Crippen LogP contribution is -1.99.